The molecule has 1 heterocycles. The lowest BCUT2D eigenvalue weighted by Crippen LogP contribution is -2.50. The monoisotopic (exact) mass is 488 g/mol. The standard InChI is InChI=1S/C24H29ClN4O3S/c1-16(2)23(31)29-13-11-28(12-14-29)22-19(25)5-4-6-20(22)26-24(33)27-21(30)15-32-18-9-7-17(3)8-10-18/h4-10,16H,11-15H2,1-3H3,(H2,26,27,30,33). The number of rotatable bonds is 6. The first-order valence-electron chi connectivity index (χ1n) is 10.9. The number of halogens is 1. The minimum atomic E-state index is -0.363. The van der Waals surface area contributed by atoms with Gasteiger partial charge >= 0.3 is 0 Å². The Morgan fingerprint density at radius 1 is 1.09 bits per heavy atom. The molecule has 1 fully saturated rings. The van der Waals surface area contributed by atoms with Crippen LogP contribution < -0.4 is 20.3 Å². The molecule has 7 nitrogen and oxygen atoms in total. The van der Waals surface area contributed by atoms with Crippen molar-refractivity contribution in [2.24, 2.45) is 5.92 Å². The number of piperazine rings is 1. The van der Waals surface area contributed by atoms with Crippen LogP contribution in [0.4, 0.5) is 11.4 Å². The molecule has 1 aliphatic rings. The molecule has 0 atom stereocenters. The lowest BCUT2D eigenvalue weighted by molar-refractivity contribution is -0.134. The van der Waals surface area contributed by atoms with Gasteiger partial charge in [0.15, 0.2) is 11.7 Å². The average molecular weight is 489 g/mol. The molecular formula is C24H29ClN4O3S. The van der Waals surface area contributed by atoms with Crippen LogP contribution in [0.15, 0.2) is 42.5 Å². The molecule has 2 amide bonds. The van der Waals surface area contributed by atoms with Crippen LogP contribution in [0.25, 0.3) is 0 Å². The summed E-state index contributed by atoms with van der Waals surface area (Å²) in [7, 11) is 0. The molecule has 0 unspecified atom stereocenters. The summed E-state index contributed by atoms with van der Waals surface area (Å²) in [6.07, 6.45) is 0. The summed E-state index contributed by atoms with van der Waals surface area (Å²) in [5.41, 5.74) is 2.60. The van der Waals surface area contributed by atoms with E-state index in [4.69, 9.17) is 28.6 Å². The van der Waals surface area contributed by atoms with Crippen molar-refractivity contribution in [3.63, 3.8) is 0 Å². The van der Waals surface area contributed by atoms with E-state index in [1.54, 1.807) is 0 Å². The molecule has 33 heavy (non-hydrogen) atoms. The molecule has 2 N–H and O–H groups in total. The summed E-state index contributed by atoms with van der Waals surface area (Å²) in [5, 5.41) is 6.44. The van der Waals surface area contributed by atoms with Gasteiger partial charge < -0.3 is 19.9 Å². The fraction of sp³-hybridized carbons (Fsp3) is 0.375. The molecule has 3 rings (SSSR count). The number of hydrogen-bond donors (Lipinski definition) is 2. The molecule has 0 aliphatic carbocycles. The second-order valence-electron chi connectivity index (χ2n) is 8.21. The van der Waals surface area contributed by atoms with Gasteiger partial charge in [-0.25, -0.2) is 0 Å². The normalized spacial score (nSPS) is 13.6. The number of nitrogens with one attached hydrogen (secondary N) is 2. The molecule has 2 aromatic rings. The maximum absolute atomic E-state index is 12.3. The summed E-state index contributed by atoms with van der Waals surface area (Å²) < 4.78 is 5.50. The number of nitrogens with zero attached hydrogens (tertiary/aromatic N) is 2. The second kappa shape index (κ2) is 11.3. The Hall–Kier alpha value is -2.84. The molecule has 1 saturated heterocycles. The van der Waals surface area contributed by atoms with E-state index in [2.05, 4.69) is 15.5 Å². The molecule has 1 aliphatic heterocycles. The van der Waals surface area contributed by atoms with Crippen molar-refractivity contribution in [3.8, 4) is 5.75 Å². The van der Waals surface area contributed by atoms with Crippen molar-refractivity contribution in [1.29, 1.82) is 0 Å². The van der Waals surface area contributed by atoms with E-state index >= 15 is 0 Å². The highest BCUT2D eigenvalue weighted by Gasteiger charge is 2.25. The Labute approximate surface area is 205 Å². The van der Waals surface area contributed by atoms with Crippen LogP contribution in [0.5, 0.6) is 5.75 Å². The minimum absolute atomic E-state index is 0.0231. The molecule has 0 spiro atoms. The molecule has 2 aromatic carbocycles. The van der Waals surface area contributed by atoms with Gasteiger partial charge in [0.2, 0.25) is 5.91 Å². The van der Waals surface area contributed by atoms with E-state index in [9.17, 15) is 9.59 Å². The van der Waals surface area contributed by atoms with Crippen LogP contribution in [-0.2, 0) is 9.59 Å². The van der Waals surface area contributed by atoms with E-state index in [0.717, 1.165) is 11.3 Å². The summed E-state index contributed by atoms with van der Waals surface area (Å²) >= 11 is 11.9. The Balaban J connectivity index is 1.58. The third-order valence-corrected chi connectivity index (χ3v) is 5.79. The van der Waals surface area contributed by atoms with E-state index in [1.165, 1.54) is 0 Å². The average Bonchev–Trinajstić information content (AvgIpc) is 2.78. The SMILES string of the molecule is Cc1ccc(OCC(=O)NC(=S)Nc2cccc(Cl)c2N2CCN(C(=O)C(C)C)CC2)cc1. The Morgan fingerprint density at radius 3 is 2.39 bits per heavy atom. The van der Waals surface area contributed by atoms with Crippen LogP contribution in [0.3, 0.4) is 0 Å². The Morgan fingerprint density at radius 2 is 1.76 bits per heavy atom. The van der Waals surface area contributed by atoms with E-state index in [0.29, 0.717) is 42.6 Å². The zero-order valence-corrected chi connectivity index (χ0v) is 20.6. The van der Waals surface area contributed by atoms with Gasteiger partial charge in [0.05, 0.1) is 16.4 Å². The lowest BCUT2D eigenvalue weighted by atomic mass is 10.1. The van der Waals surface area contributed by atoms with Crippen molar-refractivity contribution in [2.75, 3.05) is 43.0 Å². The van der Waals surface area contributed by atoms with Crippen LogP contribution in [-0.4, -0.2) is 54.6 Å². The summed E-state index contributed by atoms with van der Waals surface area (Å²) in [6.45, 7) is 8.20. The number of para-hydroxylation sites is 1. The van der Waals surface area contributed by atoms with Gasteiger partial charge in [-0.15, -0.1) is 0 Å². The number of carbonyl (C=O) groups is 2. The summed E-state index contributed by atoms with van der Waals surface area (Å²) in [4.78, 5) is 28.5. The van der Waals surface area contributed by atoms with Gasteiger partial charge in [-0.2, -0.15) is 0 Å². The zero-order valence-electron chi connectivity index (χ0n) is 19.1. The summed E-state index contributed by atoms with van der Waals surface area (Å²) in [6, 6.07) is 12.9. The third kappa shape index (κ3) is 6.82. The highest BCUT2D eigenvalue weighted by atomic mass is 35.5. The summed E-state index contributed by atoms with van der Waals surface area (Å²) in [5.74, 6) is 0.383. The van der Waals surface area contributed by atoms with Crippen molar-refractivity contribution in [1.82, 2.24) is 10.2 Å². The number of hydrogen-bond acceptors (Lipinski definition) is 5. The number of carbonyl (C=O) groups excluding carboxylic acids is 2. The minimum Gasteiger partial charge on any atom is -0.484 e. The van der Waals surface area contributed by atoms with Gasteiger partial charge in [0, 0.05) is 32.1 Å². The van der Waals surface area contributed by atoms with Gasteiger partial charge in [0.25, 0.3) is 5.91 Å². The topological polar surface area (TPSA) is 73.9 Å². The predicted octanol–water partition coefficient (Wildman–Crippen LogP) is 3.85. The van der Waals surface area contributed by atoms with Crippen LogP contribution in [0, 0.1) is 12.8 Å². The first-order valence-corrected chi connectivity index (χ1v) is 11.7. The zero-order chi connectivity index (χ0) is 24.0. The predicted molar refractivity (Wildman–Crippen MR) is 136 cm³/mol. The van der Waals surface area contributed by atoms with Crippen LogP contribution in [0.2, 0.25) is 5.02 Å². The smallest absolute Gasteiger partial charge is 0.264 e. The lowest BCUT2D eigenvalue weighted by Gasteiger charge is -2.38. The van der Waals surface area contributed by atoms with E-state index in [-0.39, 0.29) is 29.5 Å². The first-order chi connectivity index (χ1) is 15.7. The van der Waals surface area contributed by atoms with Gasteiger partial charge in [-0.05, 0) is 43.4 Å². The number of ether oxygens (including phenoxy) is 1. The van der Waals surface area contributed by atoms with Crippen molar-refractivity contribution < 1.29 is 14.3 Å². The van der Waals surface area contributed by atoms with Crippen LogP contribution in [0.1, 0.15) is 19.4 Å². The number of anilines is 2. The highest BCUT2D eigenvalue weighted by molar-refractivity contribution is 7.80. The van der Waals surface area contributed by atoms with Gasteiger partial charge in [-0.3, -0.25) is 14.9 Å². The molecule has 176 valence electrons. The Kier molecular flexibility index (Phi) is 8.52. The molecule has 0 bridgehead atoms. The number of aryl methyl sites for hydroxylation is 1. The quantitative estimate of drug-likeness (QED) is 0.602. The highest BCUT2D eigenvalue weighted by Crippen LogP contribution is 2.34. The van der Waals surface area contributed by atoms with E-state index < -0.39 is 0 Å². The molecule has 0 saturated carbocycles. The van der Waals surface area contributed by atoms with Gasteiger partial charge in [-0.1, -0.05) is 49.2 Å². The van der Waals surface area contributed by atoms with Crippen LogP contribution >= 0.6 is 23.8 Å². The molecule has 0 aromatic heterocycles. The molecular weight excluding hydrogens is 460 g/mol. The fourth-order valence-corrected chi connectivity index (χ4v) is 4.07. The van der Waals surface area contributed by atoms with Gasteiger partial charge in [0.1, 0.15) is 5.75 Å². The third-order valence-electron chi connectivity index (χ3n) is 5.28. The largest absolute Gasteiger partial charge is 0.484 e. The Bertz CT molecular complexity index is 1010. The maximum atomic E-state index is 12.3. The van der Waals surface area contributed by atoms with Crippen molar-refractivity contribution in [2.45, 2.75) is 20.8 Å². The van der Waals surface area contributed by atoms with Crippen molar-refractivity contribution >= 4 is 52.1 Å². The second-order valence-corrected chi connectivity index (χ2v) is 9.02. The van der Waals surface area contributed by atoms with E-state index in [1.807, 2.05) is 68.1 Å². The first kappa shape index (κ1) is 24.8. The maximum Gasteiger partial charge on any atom is 0.264 e. The fourth-order valence-electron chi connectivity index (χ4n) is 3.55. The van der Waals surface area contributed by atoms with Crippen molar-refractivity contribution in [3.05, 3.63) is 53.1 Å². The molecule has 0 radical (unpaired) electrons. The molecule has 9 heteroatoms. The number of benzene rings is 2. The number of thiocarbonyl (C=S) groups is 1. The number of amides is 2.